The summed E-state index contributed by atoms with van der Waals surface area (Å²) >= 11 is 12.4. The number of hydrogen-bond donors (Lipinski definition) is 1. The highest BCUT2D eigenvalue weighted by molar-refractivity contribution is 6.30. The molecule has 1 aliphatic heterocycles. The summed E-state index contributed by atoms with van der Waals surface area (Å²) < 4.78 is 11.9. The Morgan fingerprint density at radius 2 is 1.58 bits per heavy atom. The number of aliphatic hydroxyl groups excluding tert-OH is 1. The number of halogens is 2. The lowest BCUT2D eigenvalue weighted by atomic mass is 9.88. The van der Waals surface area contributed by atoms with Crippen molar-refractivity contribution in [3.8, 4) is 0 Å². The van der Waals surface area contributed by atoms with Crippen LogP contribution in [0.3, 0.4) is 0 Å². The summed E-state index contributed by atoms with van der Waals surface area (Å²) in [6, 6.07) is 15.9. The Hall–Kier alpha value is -2.97. The number of pyridine rings is 1. The van der Waals surface area contributed by atoms with E-state index in [1.54, 1.807) is 43.3 Å². The zero-order valence-corrected chi connectivity index (χ0v) is 22.7. The van der Waals surface area contributed by atoms with E-state index in [1.807, 2.05) is 31.2 Å². The molecule has 0 bridgehead atoms. The second-order valence-corrected chi connectivity index (χ2v) is 9.93. The molecule has 2 aromatic carbocycles. The van der Waals surface area contributed by atoms with Crippen LogP contribution in [0.2, 0.25) is 10.0 Å². The maximum atomic E-state index is 14.2. The molecule has 1 saturated heterocycles. The second kappa shape index (κ2) is 12.7. The first-order chi connectivity index (χ1) is 18.3. The lowest BCUT2D eigenvalue weighted by Crippen LogP contribution is -2.58. The van der Waals surface area contributed by atoms with Gasteiger partial charge in [0.25, 0.3) is 5.91 Å². The summed E-state index contributed by atoms with van der Waals surface area (Å²) in [7, 11) is 0. The standard InChI is InChI=1S/C29H30Cl2N2O5/c1-3-5-23(29(36)37-4-2)33-24(18-6-10-21(30)11-7-18)26(20-8-12-22(31)13-9-20)38-27(28(33)35)25(34)19-14-16-32-17-15-19/h6-17,23-27,34H,3-5H2,1-2H3/t23-,24-,25-,26+,27?/m1/s1. The first-order valence-corrected chi connectivity index (χ1v) is 13.3. The number of carbonyl (C=O) groups is 2. The van der Waals surface area contributed by atoms with E-state index in [-0.39, 0.29) is 6.61 Å². The third-order valence-corrected chi connectivity index (χ3v) is 7.08. The monoisotopic (exact) mass is 556 g/mol. The zero-order chi connectivity index (χ0) is 27.2. The first kappa shape index (κ1) is 28.0. The largest absolute Gasteiger partial charge is 0.464 e. The van der Waals surface area contributed by atoms with Gasteiger partial charge in [-0.15, -0.1) is 0 Å². The number of amides is 1. The highest BCUT2D eigenvalue weighted by Crippen LogP contribution is 2.46. The number of ether oxygens (including phenoxy) is 2. The van der Waals surface area contributed by atoms with Crippen molar-refractivity contribution in [1.82, 2.24) is 9.88 Å². The van der Waals surface area contributed by atoms with E-state index in [0.29, 0.717) is 28.5 Å². The number of rotatable bonds is 9. The van der Waals surface area contributed by atoms with Crippen LogP contribution in [0.5, 0.6) is 0 Å². The van der Waals surface area contributed by atoms with E-state index in [9.17, 15) is 14.7 Å². The van der Waals surface area contributed by atoms with Gasteiger partial charge in [-0.3, -0.25) is 9.78 Å². The molecule has 2 heterocycles. The predicted octanol–water partition coefficient (Wildman–Crippen LogP) is 5.86. The zero-order valence-electron chi connectivity index (χ0n) is 21.2. The van der Waals surface area contributed by atoms with Gasteiger partial charge in [0.2, 0.25) is 0 Å². The quantitative estimate of drug-likeness (QED) is 0.332. The SMILES string of the molecule is CCC[C@H](C(=O)OCC)N1C(=O)C([C@H](O)c2ccncc2)O[C@@H](c2ccc(Cl)cc2)[C@H]1c1ccc(Cl)cc1. The predicted molar refractivity (Wildman–Crippen MR) is 145 cm³/mol. The minimum atomic E-state index is -1.29. The van der Waals surface area contributed by atoms with E-state index >= 15 is 0 Å². The average Bonchev–Trinajstić information content (AvgIpc) is 2.93. The van der Waals surface area contributed by atoms with Gasteiger partial charge in [0.05, 0.1) is 12.6 Å². The lowest BCUT2D eigenvalue weighted by molar-refractivity contribution is -0.198. The number of morpholine rings is 1. The van der Waals surface area contributed by atoms with Gasteiger partial charge in [-0.05, 0) is 66.4 Å². The molecule has 1 aliphatic rings. The molecule has 4 rings (SSSR count). The molecule has 1 amide bonds. The molecule has 0 aliphatic carbocycles. The maximum Gasteiger partial charge on any atom is 0.328 e. The minimum Gasteiger partial charge on any atom is -0.464 e. The Morgan fingerprint density at radius 1 is 1.00 bits per heavy atom. The Bertz CT molecular complexity index is 1220. The maximum absolute atomic E-state index is 14.2. The molecule has 7 nitrogen and oxygen atoms in total. The minimum absolute atomic E-state index is 0.173. The van der Waals surface area contributed by atoms with Crippen molar-refractivity contribution >= 4 is 35.1 Å². The summed E-state index contributed by atoms with van der Waals surface area (Å²) in [5.41, 5.74) is 1.93. The molecule has 5 atom stereocenters. The smallest absolute Gasteiger partial charge is 0.328 e. The van der Waals surface area contributed by atoms with Crippen LogP contribution >= 0.6 is 23.2 Å². The molecule has 1 fully saturated rings. The number of carbonyl (C=O) groups excluding carboxylic acids is 2. The molecule has 0 saturated carbocycles. The lowest BCUT2D eigenvalue weighted by Gasteiger charge is -2.48. The third kappa shape index (κ3) is 6.02. The molecule has 0 radical (unpaired) electrons. The van der Waals surface area contributed by atoms with Crippen LogP contribution in [0.4, 0.5) is 0 Å². The Morgan fingerprint density at radius 3 is 2.13 bits per heavy atom. The number of esters is 1. The van der Waals surface area contributed by atoms with Gasteiger partial charge in [-0.1, -0.05) is 60.8 Å². The van der Waals surface area contributed by atoms with Gasteiger partial charge >= 0.3 is 5.97 Å². The Labute approximate surface area is 232 Å². The van der Waals surface area contributed by atoms with Crippen molar-refractivity contribution < 1.29 is 24.2 Å². The van der Waals surface area contributed by atoms with Gasteiger partial charge in [0.15, 0.2) is 6.10 Å². The number of hydrogen-bond acceptors (Lipinski definition) is 6. The summed E-state index contributed by atoms with van der Waals surface area (Å²) in [6.07, 6.45) is 0.769. The van der Waals surface area contributed by atoms with E-state index in [1.165, 1.54) is 17.3 Å². The molecule has 1 N–H and O–H groups in total. The number of aromatic nitrogens is 1. The fourth-order valence-electron chi connectivity index (χ4n) is 4.80. The highest BCUT2D eigenvalue weighted by Gasteiger charge is 2.50. The topological polar surface area (TPSA) is 89.0 Å². The van der Waals surface area contributed by atoms with E-state index < -0.39 is 42.3 Å². The molecule has 38 heavy (non-hydrogen) atoms. The summed E-state index contributed by atoms with van der Waals surface area (Å²) in [5.74, 6) is -1.01. The van der Waals surface area contributed by atoms with Crippen LogP contribution < -0.4 is 0 Å². The average molecular weight is 557 g/mol. The van der Waals surface area contributed by atoms with Gasteiger partial charge in [-0.2, -0.15) is 0 Å². The van der Waals surface area contributed by atoms with Crippen LogP contribution in [-0.4, -0.2) is 45.6 Å². The Kier molecular flexibility index (Phi) is 9.39. The van der Waals surface area contributed by atoms with Crippen molar-refractivity contribution in [3.63, 3.8) is 0 Å². The van der Waals surface area contributed by atoms with E-state index in [2.05, 4.69) is 4.98 Å². The van der Waals surface area contributed by atoms with Gasteiger partial charge in [0.1, 0.15) is 18.2 Å². The fraction of sp³-hybridized carbons (Fsp3) is 0.345. The number of nitrogens with zero attached hydrogens (tertiary/aromatic N) is 2. The molecule has 1 aromatic heterocycles. The third-order valence-electron chi connectivity index (χ3n) is 6.58. The van der Waals surface area contributed by atoms with Crippen LogP contribution in [-0.2, 0) is 19.1 Å². The molecule has 9 heteroatoms. The van der Waals surface area contributed by atoms with Crippen LogP contribution in [0.15, 0.2) is 73.1 Å². The Balaban J connectivity index is 1.90. The van der Waals surface area contributed by atoms with Crippen molar-refractivity contribution in [1.29, 1.82) is 0 Å². The van der Waals surface area contributed by atoms with Gasteiger partial charge in [-0.25, -0.2) is 4.79 Å². The number of benzene rings is 2. The second-order valence-electron chi connectivity index (χ2n) is 9.05. The molecular formula is C29H30Cl2N2O5. The summed E-state index contributed by atoms with van der Waals surface area (Å²) in [5, 5.41) is 12.4. The van der Waals surface area contributed by atoms with E-state index in [0.717, 1.165) is 11.1 Å². The van der Waals surface area contributed by atoms with Crippen molar-refractivity contribution in [2.24, 2.45) is 0 Å². The van der Waals surface area contributed by atoms with Crippen molar-refractivity contribution in [3.05, 3.63) is 99.8 Å². The van der Waals surface area contributed by atoms with Crippen LogP contribution in [0.25, 0.3) is 0 Å². The molecular weight excluding hydrogens is 527 g/mol. The van der Waals surface area contributed by atoms with Crippen LogP contribution in [0, 0.1) is 0 Å². The fourth-order valence-corrected chi connectivity index (χ4v) is 5.06. The van der Waals surface area contributed by atoms with Crippen LogP contribution in [0.1, 0.15) is 61.6 Å². The molecule has 3 aromatic rings. The van der Waals surface area contributed by atoms with Crippen molar-refractivity contribution in [2.45, 2.75) is 57.1 Å². The number of aliphatic hydroxyl groups is 1. The van der Waals surface area contributed by atoms with E-state index in [4.69, 9.17) is 32.7 Å². The molecule has 200 valence electrons. The molecule has 1 unspecified atom stereocenters. The normalized spacial score (nSPS) is 21.1. The first-order valence-electron chi connectivity index (χ1n) is 12.6. The molecule has 0 spiro atoms. The van der Waals surface area contributed by atoms with Crippen molar-refractivity contribution in [2.75, 3.05) is 6.61 Å². The summed E-state index contributed by atoms with van der Waals surface area (Å²) in [4.78, 5) is 33.0. The summed E-state index contributed by atoms with van der Waals surface area (Å²) in [6.45, 7) is 3.84. The van der Waals surface area contributed by atoms with Gasteiger partial charge in [0, 0.05) is 22.4 Å². The van der Waals surface area contributed by atoms with Gasteiger partial charge < -0.3 is 19.5 Å². The highest BCUT2D eigenvalue weighted by atomic mass is 35.5.